The van der Waals surface area contributed by atoms with Gasteiger partial charge in [-0.1, -0.05) is 11.8 Å². The summed E-state index contributed by atoms with van der Waals surface area (Å²) >= 11 is 1.32. The van der Waals surface area contributed by atoms with Crippen molar-refractivity contribution in [1.29, 1.82) is 0 Å². The van der Waals surface area contributed by atoms with Crippen molar-refractivity contribution in [1.82, 2.24) is 19.8 Å². The highest BCUT2D eigenvalue weighted by Crippen LogP contribution is 2.22. The van der Waals surface area contributed by atoms with Gasteiger partial charge >= 0.3 is 6.09 Å². The molecule has 0 atom stereocenters. The van der Waals surface area contributed by atoms with Crippen LogP contribution in [-0.4, -0.2) is 70.3 Å². The third-order valence-electron chi connectivity index (χ3n) is 4.20. The topological polar surface area (TPSA) is 78.5 Å². The average Bonchev–Trinajstić information content (AvgIpc) is 3.16. The third kappa shape index (κ3) is 5.00. The highest BCUT2D eigenvalue weighted by Gasteiger charge is 2.24. The molecule has 1 N–H and O–H groups in total. The number of aromatic nitrogens is 2. The van der Waals surface area contributed by atoms with Crippen LogP contribution in [0, 0.1) is 5.82 Å². The summed E-state index contributed by atoms with van der Waals surface area (Å²) in [5.41, 5.74) is 1.60. The van der Waals surface area contributed by atoms with E-state index in [-0.39, 0.29) is 23.6 Å². The van der Waals surface area contributed by atoms with E-state index in [1.807, 2.05) is 0 Å². The SMILES string of the molecule is CCOC(=O)N1CCN(C(=O)CSc2ncc(-c3ccc(F)cc3)[nH]2)CC1. The number of benzene rings is 1. The van der Waals surface area contributed by atoms with Crippen LogP contribution in [0.4, 0.5) is 9.18 Å². The molecule has 144 valence electrons. The Labute approximate surface area is 160 Å². The summed E-state index contributed by atoms with van der Waals surface area (Å²) in [6, 6.07) is 6.13. The number of imidazole rings is 1. The van der Waals surface area contributed by atoms with Gasteiger partial charge in [-0.3, -0.25) is 4.79 Å². The minimum atomic E-state index is -0.331. The average molecular weight is 392 g/mol. The number of amides is 2. The summed E-state index contributed by atoms with van der Waals surface area (Å²) in [6.45, 7) is 4.06. The summed E-state index contributed by atoms with van der Waals surface area (Å²) in [5.74, 6) is -0.0276. The van der Waals surface area contributed by atoms with Crippen LogP contribution in [0.2, 0.25) is 0 Å². The van der Waals surface area contributed by atoms with Gasteiger partial charge in [-0.2, -0.15) is 0 Å². The second kappa shape index (κ2) is 8.90. The van der Waals surface area contributed by atoms with E-state index in [0.717, 1.165) is 11.3 Å². The first-order valence-corrected chi connectivity index (χ1v) is 9.68. The largest absolute Gasteiger partial charge is 0.450 e. The highest BCUT2D eigenvalue weighted by atomic mass is 32.2. The molecule has 0 radical (unpaired) electrons. The Balaban J connectivity index is 1.47. The number of carbonyl (C=O) groups excluding carboxylic acids is 2. The molecular weight excluding hydrogens is 371 g/mol. The number of hydrogen-bond acceptors (Lipinski definition) is 5. The molecule has 9 heteroatoms. The number of carbonyl (C=O) groups is 2. The predicted octanol–water partition coefficient (Wildman–Crippen LogP) is 2.61. The van der Waals surface area contributed by atoms with Crippen molar-refractivity contribution < 1.29 is 18.7 Å². The molecule has 2 heterocycles. The van der Waals surface area contributed by atoms with Crippen molar-refractivity contribution in [3.8, 4) is 11.3 Å². The fraction of sp³-hybridized carbons (Fsp3) is 0.389. The molecule has 2 aromatic rings. The number of piperazine rings is 1. The van der Waals surface area contributed by atoms with E-state index in [9.17, 15) is 14.0 Å². The van der Waals surface area contributed by atoms with Crippen molar-refractivity contribution in [3.05, 3.63) is 36.3 Å². The summed E-state index contributed by atoms with van der Waals surface area (Å²) in [5, 5.41) is 0.632. The van der Waals surface area contributed by atoms with Crippen LogP contribution in [0.3, 0.4) is 0 Å². The van der Waals surface area contributed by atoms with E-state index in [2.05, 4.69) is 9.97 Å². The van der Waals surface area contributed by atoms with Crippen LogP contribution in [0.25, 0.3) is 11.3 Å². The van der Waals surface area contributed by atoms with Crippen molar-refractivity contribution >= 4 is 23.8 Å². The number of H-pyrrole nitrogens is 1. The quantitative estimate of drug-likeness (QED) is 0.792. The maximum absolute atomic E-state index is 13.0. The molecule has 1 aliphatic rings. The lowest BCUT2D eigenvalue weighted by Crippen LogP contribution is -2.51. The van der Waals surface area contributed by atoms with E-state index >= 15 is 0 Å². The summed E-state index contributed by atoms with van der Waals surface area (Å²) in [6.07, 6.45) is 1.33. The highest BCUT2D eigenvalue weighted by molar-refractivity contribution is 7.99. The first kappa shape index (κ1) is 19.2. The lowest BCUT2D eigenvalue weighted by molar-refractivity contribution is -0.129. The molecule has 0 saturated carbocycles. The fourth-order valence-electron chi connectivity index (χ4n) is 2.73. The molecule has 27 heavy (non-hydrogen) atoms. The van der Waals surface area contributed by atoms with Gasteiger partial charge in [0.25, 0.3) is 0 Å². The Kier molecular flexibility index (Phi) is 6.33. The lowest BCUT2D eigenvalue weighted by atomic mass is 10.2. The molecule has 0 bridgehead atoms. The molecule has 1 aromatic heterocycles. The molecule has 0 unspecified atom stereocenters. The Morgan fingerprint density at radius 3 is 2.52 bits per heavy atom. The normalized spacial score (nSPS) is 14.3. The van der Waals surface area contributed by atoms with Gasteiger partial charge in [0, 0.05) is 26.2 Å². The number of aromatic amines is 1. The van der Waals surface area contributed by atoms with E-state index in [1.165, 1.54) is 23.9 Å². The number of ether oxygens (including phenoxy) is 1. The van der Waals surface area contributed by atoms with E-state index < -0.39 is 0 Å². The summed E-state index contributed by atoms with van der Waals surface area (Å²) in [4.78, 5) is 34.8. The second-order valence-electron chi connectivity index (χ2n) is 5.96. The summed E-state index contributed by atoms with van der Waals surface area (Å²) < 4.78 is 18.0. The van der Waals surface area contributed by atoms with Gasteiger partial charge in [0.05, 0.1) is 24.3 Å². The minimum absolute atomic E-state index is 0.00300. The molecule has 1 aromatic carbocycles. The third-order valence-corrected chi connectivity index (χ3v) is 5.07. The molecule has 1 fully saturated rings. The van der Waals surface area contributed by atoms with Gasteiger partial charge in [-0.15, -0.1) is 0 Å². The van der Waals surface area contributed by atoms with Crippen LogP contribution in [0.1, 0.15) is 6.92 Å². The van der Waals surface area contributed by atoms with Gasteiger partial charge in [0.2, 0.25) is 5.91 Å². The standard InChI is InChI=1S/C18H21FN4O3S/c1-2-26-18(25)23-9-7-22(8-10-23)16(24)12-27-17-20-11-15(21-17)13-3-5-14(19)6-4-13/h3-6,11H,2,7-10,12H2,1H3,(H,20,21). The number of nitrogens with one attached hydrogen (secondary N) is 1. The Hall–Kier alpha value is -2.55. The maximum atomic E-state index is 13.0. The van der Waals surface area contributed by atoms with Crippen LogP contribution in [0.15, 0.2) is 35.6 Å². The van der Waals surface area contributed by atoms with Crippen molar-refractivity contribution in [3.63, 3.8) is 0 Å². The van der Waals surface area contributed by atoms with Crippen LogP contribution in [0.5, 0.6) is 0 Å². The van der Waals surface area contributed by atoms with Gasteiger partial charge in [0.1, 0.15) is 5.82 Å². The zero-order valence-electron chi connectivity index (χ0n) is 15.0. The maximum Gasteiger partial charge on any atom is 0.409 e. The number of halogens is 1. The molecule has 3 rings (SSSR count). The predicted molar refractivity (Wildman–Crippen MR) is 99.9 cm³/mol. The first-order valence-electron chi connectivity index (χ1n) is 8.70. The Morgan fingerprint density at radius 1 is 1.19 bits per heavy atom. The van der Waals surface area contributed by atoms with Gasteiger partial charge < -0.3 is 19.5 Å². The molecule has 7 nitrogen and oxygen atoms in total. The fourth-order valence-corrected chi connectivity index (χ4v) is 3.48. The lowest BCUT2D eigenvalue weighted by Gasteiger charge is -2.33. The molecule has 0 spiro atoms. The molecule has 1 aliphatic heterocycles. The Bertz CT molecular complexity index is 788. The summed E-state index contributed by atoms with van der Waals surface area (Å²) in [7, 11) is 0. The van der Waals surface area contributed by atoms with Gasteiger partial charge in [0.15, 0.2) is 5.16 Å². The second-order valence-corrected chi connectivity index (χ2v) is 6.93. The van der Waals surface area contributed by atoms with Crippen LogP contribution < -0.4 is 0 Å². The zero-order chi connectivity index (χ0) is 19.2. The van der Waals surface area contributed by atoms with Crippen molar-refractivity contribution in [2.24, 2.45) is 0 Å². The van der Waals surface area contributed by atoms with Gasteiger partial charge in [-0.05, 0) is 36.8 Å². The zero-order valence-corrected chi connectivity index (χ0v) is 15.8. The Morgan fingerprint density at radius 2 is 1.85 bits per heavy atom. The van der Waals surface area contributed by atoms with Crippen molar-refractivity contribution in [2.75, 3.05) is 38.5 Å². The molecule has 2 amide bonds. The van der Waals surface area contributed by atoms with E-state index in [0.29, 0.717) is 37.9 Å². The number of nitrogens with zero attached hydrogens (tertiary/aromatic N) is 3. The molecular formula is C18H21FN4O3S. The van der Waals surface area contributed by atoms with Crippen LogP contribution in [-0.2, 0) is 9.53 Å². The molecule has 1 saturated heterocycles. The molecule has 0 aliphatic carbocycles. The minimum Gasteiger partial charge on any atom is -0.450 e. The first-order chi connectivity index (χ1) is 13.1. The van der Waals surface area contributed by atoms with E-state index in [4.69, 9.17) is 4.74 Å². The number of hydrogen-bond donors (Lipinski definition) is 1. The number of rotatable bonds is 5. The van der Waals surface area contributed by atoms with Gasteiger partial charge in [-0.25, -0.2) is 14.2 Å². The smallest absolute Gasteiger partial charge is 0.409 e. The van der Waals surface area contributed by atoms with Crippen LogP contribution >= 0.6 is 11.8 Å². The monoisotopic (exact) mass is 392 g/mol. The number of thioether (sulfide) groups is 1. The van der Waals surface area contributed by atoms with E-state index in [1.54, 1.807) is 35.1 Å². The van der Waals surface area contributed by atoms with Crippen molar-refractivity contribution in [2.45, 2.75) is 12.1 Å².